The van der Waals surface area contributed by atoms with E-state index in [4.69, 9.17) is 4.74 Å². The third-order valence-electron chi connectivity index (χ3n) is 4.02. The van der Waals surface area contributed by atoms with Crippen LogP contribution < -0.4 is 15.6 Å². The molecule has 7 heteroatoms. The summed E-state index contributed by atoms with van der Waals surface area (Å²) in [6.45, 7) is 2.46. The number of benzene rings is 1. The molecule has 1 N–H and O–H groups in total. The summed E-state index contributed by atoms with van der Waals surface area (Å²) in [4.78, 5) is 24.8. The zero-order valence-electron chi connectivity index (χ0n) is 14.7. The number of ether oxygens (including phenoxy) is 1. The van der Waals surface area contributed by atoms with Crippen molar-refractivity contribution in [3.05, 3.63) is 77.5 Å². The average molecular weight is 359 g/mol. The van der Waals surface area contributed by atoms with E-state index in [1.807, 2.05) is 43.3 Å². The van der Waals surface area contributed by atoms with Crippen molar-refractivity contribution in [2.45, 2.75) is 13.5 Å². The minimum atomic E-state index is -0.0773. The van der Waals surface area contributed by atoms with Gasteiger partial charge in [-0.15, -0.1) is 0 Å². The van der Waals surface area contributed by atoms with E-state index in [9.17, 15) is 4.79 Å². The average Bonchev–Trinajstić information content (AvgIpc) is 2.70. The molecule has 0 aliphatic heterocycles. The minimum Gasteiger partial charge on any atom is -0.456 e. The number of nitrogens with one attached hydrogen (secondary N) is 1. The third-order valence-corrected chi connectivity index (χ3v) is 4.02. The highest BCUT2D eigenvalue weighted by Gasteiger charge is 2.06. The zero-order chi connectivity index (χ0) is 18.6. The van der Waals surface area contributed by atoms with Crippen molar-refractivity contribution >= 4 is 22.7 Å². The van der Waals surface area contributed by atoms with Crippen molar-refractivity contribution in [1.29, 1.82) is 0 Å². The Labute approximate surface area is 155 Å². The molecule has 4 aromatic rings. The smallest absolute Gasteiger partial charge is 0.252 e. The van der Waals surface area contributed by atoms with E-state index in [0.29, 0.717) is 29.6 Å². The number of anilines is 2. The summed E-state index contributed by atoms with van der Waals surface area (Å²) in [5, 5.41) is 3.97. The molecule has 0 aliphatic rings. The van der Waals surface area contributed by atoms with Crippen LogP contribution in [-0.2, 0) is 6.54 Å². The molecule has 0 fully saturated rings. The molecular weight excluding hydrogens is 342 g/mol. The molecule has 7 nitrogen and oxygen atoms in total. The van der Waals surface area contributed by atoms with Gasteiger partial charge in [0.15, 0.2) is 0 Å². The fourth-order valence-electron chi connectivity index (χ4n) is 2.72. The van der Waals surface area contributed by atoms with Gasteiger partial charge in [-0.1, -0.05) is 0 Å². The summed E-state index contributed by atoms with van der Waals surface area (Å²) in [5.74, 6) is 1.80. The Morgan fingerprint density at radius 3 is 2.63 bits per heavy atom. The molecule has 0 radical (unpaired) electrons. The van der Waals surface area contributed by atoms with Crippen molar-refractivity contribution < 1.29 is 4.74 Å². The van der Waals surface area contributed by atoms with Crippen LogP contribution in [0.4, 0.5) is 11.6 Å². The quantitative estimate of drug-likeness (QED) is 0.584. The maximum absolute atomic E-state index is 12.0. The molecule has 0 atom stereocenters. The van der Waals surface area contributed by atoms with Crippen molar-refractivity contribution in [1.82, 2.24) is 19.5 Å². The molecule has 3 aromatic heterocycles. The summed E-state index contributed by atoms with van der Waals surface area (Å²) in [7, 11) is 0. The van der Waals surface area contributed by atoms with E-state index in [-0.39, 0.29) is 5.56 Å². The van der Waals surface area contributed by atoms with Gasteiger partial charge in [0.25, 0.3) is 5.56 Å². The first-order chi connectivity index (χ1) is 13.2. The lowest BCUT2D eigenvalue weighted by molar-refractivity contribution is 0.480. The second-order valence-corrected chi connectivity index (χ2v) is 5.83. The first-order valence-electron chi connectivity index (χ1n) is 8.54. The van der Waals surface area contributed by atoms with Crippen molar-refractivity contribution in [3.8, 4) is 11.5 Å². The summed E-state index contributed by atoms with van der Waals surface area (Å²) >= 11 is 0. The van der Waals surface area contributed by atoms with E-state index in [0.717, 1.165) is 11.1 Å². The maximum Gasteiger partial charge on any atom is 0.252 e. The highest BCUT2D eigenvalue weighted by molar-refractivity contribution is 5.75. The van der Waals surface area contributed by atoms with Crippen LogP contribution in [0.2, 0.25) is 0 Å². The lowest BCUT2D eigenvalue weighted by Crippen LogP contribution is -2.19. The fraction of sp³-hybridized carbons (Fsp3) is 0.100. The Kier molecular flexibility index (Phi) is 4.49. The largest absolute Gasteiger partial charge is 0.456 e. The van der Waals surface area contributed by atoms with Gasteiger partial charge in [0.05, 0.1) is 6.20 Å². The highest BCUT2D eigenvalue weighted by atomic mass is 16.5. The number of aryl methyl sites for hydroxylation is 1. The van der Waals surface area contributed by atoms with Crippen LogP contribution in [-0.4, -0.2) is 19.5 Å². The topological polar surface area (TPSA) is 81.9 Å². The number of hydrogen-bond acceptors (Lipinski definition) is 6. The molecule has 0 amide bonds. The van der Waals surface area contributed by atoms with Crippen LogP contribution in [0.15, 0.2) is 71.9 Å². The van der Waals surface area contributed by atoms with Crippen LogP contribution in [0.5, 0.6) is 11.5 Å². The van der Waals surface area contributed by atoms with Crippen LogP contribution in [0.3, 0.4) is 0 Å². The van der Waals surface area contributed by atoms with E-state index in [2.05, 4.69) is 20.3 Å². The number of hydrogen-bond donors (Lipinski definition) is 1. The van der Waals surface area contributed by atoms with Crippen LogP contribution in [0, 0.1) is 0 Å². The predicted octanol–water partition coefficient (Wildman–Crippen LogP) is 3.74. The Hall–Kier alpha value is -3.74. The van der Waals surface area contributed by atoms with Crippen molar-refractivity contribution in [3.63, 3.8) is 0 Å². The molecule has 0 unspecified atom stereocenters. The van der Waals surface area contributed by atoms with Crippen LogP contribution >= 0.6 is 0 Å². The number of nitrogens with zero attached hydrogens (tertiary/aromatic N) is 4. The van der Waals surface area contributed by atoms with Gasteiger partial charge in [0.2, 0.25) is 5.95 Å². The van der Waals surface area contributed by atoms with E-state index in [1.54, 1.807) is 29.2 Å². The molecule has 1 aromatic carbocycles. The monoisotopic (exact) mass is 359 g/mol. The van der Waals surface area contributed by atoms with E-state index < -0.39 is 0 Å². The van der Waals surface area contributed by atoms with E-state index in [1.165, 1.54) is 6.07 Å². The Morgan fingerprint density at radius 1 is 1.04 bits per heavy atom. The second kappa shape index (κ2) is 7.25. The Balaban J connectivity index is 1.56. The number of aromatic nitrogens is 4. The Morgan fingerprint density at radius 2 is 1.89 bits per heavy atom. The molecule has 134 valence electrons. The number of fused-ring (bicyclic) bond motifs is 1. The second-order valence-electron chi connectivity index (χ2n) is 5.83. The summed E-state index contributed by atoms with van der Waals surface area (Å²) < 4.78 is 7.34. The first kappa shape index (κ1) is 16.7. The normalized spacial score (nSPS) is 10.7. The number of rotatable bonds is 5. The van der Waals surface area contributed by atoms with Gasteiger partial charge in [-0.3, -0.25) is 14.3 Å². The van der Waals surface area contributed by atoms with Gasteiger partial charge >= 0.3 is 0 Å². The highest BCUT2D eigenvalue weighted by Crippen LogP contribution is 2.23. The molecule has 0 bridgehead atoms. The fourth-order valence-corrected chi connectivity index (χ4v) is 2.72. The summed E-state index contributed by atoms with van der Waals surface area (Å²) in [5.41, 5.74) is 1.35. The zero-order valence-corrected chi connectivity index (χ0v) is 14.7. The van der Waals surface area contributed by atoms with Gasteiger partial charge in [-0.25, -0.2) is 4.98 Å². The first-order valence-corrected chi connectivity index (χ1v) is 8.54. The molecule has 4 rings (SSSR count). The van der Waals surface area contributed by atoms with Crippen molar-refractivity contribution in [2.75, 3.05) is 5.32 Å². The van der Waals surface area contributed by atoms with Gasteiger partial charge in [0, 0.05) is 36.1 Å². The third kappa shape index (κ3) is 3.62. The predicted molar refractivity (Wildman–Crippen MR) is 104 cm³/mol. The van der Waals surface area contributed by atoms with Gasteiger partial charge < -0.3 is 10.1 Å². The summed E-state index contributed by atoms with van der Waals surface area (Å²) in [6.07, 6.45) is 5.06. The van der Waals surface area contributed by atoms with Crippen LogP contribution in [0.1, 0.15) is 6.92 Å². The molecule has 0 saturated heterocycles. The molecule has 3 heterocycles. The van der Waals surface area contributed by atoms with Gasteiger partial charge in [-0.05, 0) is 49.4 Å². The molecule has 0 spiro atoms. The van der Waals surface area contributed by atoms with E-state index >= 15 is 0 Å². The van der Waals surface area contributed by atoms with Gasteiger partial charge in [0.1, 0.15) is 17.1 Å². The molecular formula is C20H17N5O2. The molecule has 27 heavy (non-hydrogen) atoms. The van der Waals surface area contributed by atoms with Crippen molar-refractivity contribution in [2.24, 2.45) is 0 Å². The lowest BCUT2D eigenvalue weighted by atomic mass is 10.3. The lowest BCUT2D eigenvalue weighted by Gasteiger charge is -2.10. The van der Waals surface area contributed by atoms with Crippen LogP contribution in [0.25, 0.3) is 11.0 Å². The van der Waals surface area contributed by atoms with Gasteiger partial charge in [-0.2, -0.15) is 4.98 Å². The Bertz CT molecular complexity index is 1120. The maximum atomic E-state index is 12.0. The standard InChI is InChI=1S/C20H17N5O2/c1-2-25-18(26)10-5-14-12-22-20(24-19(14)25)23-15-6-8-16(9-7-15)27-17-4-3-11-21-13-17/h3-13H,2H2,1H3,(H,22,23,24). The molecule has 0 aliphatic carbocycles. The number of pyridine rings is 2. The minimum absolute atomic E-state index is 0.0773. The summed E-state index contributed by atoms with van der Waals surface area (Å²) in [6, 6.07) is 14.4. The molecule has 0 saturated carbocycles. The SMILES string of the molecule is CCn1c(=O)ccc2cnc(Nc3ccc(Oc4cccnc4)cc3)nc21.